The van der Waals surface area contributed by atoms with Crippen molar-refractivity contribution < 1.29 is 4.79 Å². The Morgan fingerprint density at radius 3 is 2.62 bits per heavy atom. The van der Waals surface area contributed by atoms with Crippen LogP contribution in [0.15, 0.2) is 0 Å². The Labute approximate surface area is 81.1 Å². The van der Waals surface area contributed by atoms with Crippen LogP contribution in [0.1, 0.15) is 46.0 Å². The molecule has 76 valence electrons. The van der Waals surface area contributed by atoms with E-state index in [0.29, 0.717) is 17.7 Å². The van der Waals surface area contributed by atoms with Crippen LogP contribution in [0.4, 0.5) is 0 Å². The Kier molecular flexibility index (Phi) is 4.43. The summed E-state index contributed by atoms with van der Waals surface area (Å²) in [5.74, 6) is 0.868. The van der Waals surface area contributed by atoms with E-state index in [1.54, 1.807) is 0 Å². The van der Waals surface area contributed by atoms with Gasteiger partial charge in [0.05, 0.1) is 0 Å². The predicted molar refractivity (Wildman–Crippen MR) is 54.7 cm³/mol. The van der Waals surface area contributed by atoms with Gasteiger partial charge in [-0.1, -0.05) is 19.8 Å². The molecule has 13 heavy (non-hydrogen) atoms. The van der Waals surface area contributed by atoms with Crippen molar-refractivity contribution in [3.8, 4) is 0 Å². The molecule has 2 nitrogen and oxygen atoms in total. The molecule has 0 aromatic carbocycles. The summed E-state index contributed by atoms with van der Waals surface area (Å²) in [7, 11) is 0. The lowest BCUT2D eigenvalue weighted by atomic mass is 9.97. The molecule has 0 aliphatic heterocycles. The minimum atomic E-state index is 0.359. The quantitative estimate of drug-likeness (QED) is 0.707. The lowest BCUT2D eigenvalue weighted by molar-refractivity contribution is -0.123. The van der Waals surface area contributed by atoms with Crippen LogP contribution in [0.2, 0.25) is 0 Å². The zero-order chi connectivity index (χ0) is 9.68. The minimum Gasteiger partial charge on any atom is -0.314 e. The fourth-order valence-corrected chi connectivity index (χ4v) is 2.14. The van der Waals surface area contributed by atoms with Crippen LogP contribution in [0, 0.1) is 5.92 Å². The molecule has 1 rings (SSSR count). The molecule has 1 fully saturated rings. The van der Waals surface area contributed by atoms with Crippen LogP contribution in [0.5, 0.6) is 0 Å². The molecule has 1 aliphatic rings. The summed E-state index contributed by atoms with van der Waals surface area (Å²) < 4.78 is 0. The first-order chi connectivity index (χ1) is 6.24. The first-order valence-corrected chi connectivity index (χ1v) is 5.50. The molecule has 1 atom stereocenters. The fourth-order valence-electron chi connectivity index (χ4n) is 2.14. The third kappa shape index (κ3) is 3.47. The van der Waals surface area contributed by atoms with Gasteiger partial charge >= 0.3 is 0 Å². The van der Waals surface area contributed by atoms with Gasteiger partial charge in [-0.15, -0.1) is 0 Å². The van der Waals surface area contributed by atoms with Crippen molar-refractivity contribution >= 4 is 5.78 Å². The highest BCUT2D eigenvalue weighted by atomic mass is 16.1. The third-order valence-corrected chi connectivity index (χ3v) is 2.87. The van der Waals surface area contributed by atoms with E-state index in [4.69, 9.17) is 0 Å². The van der Waals surface area contributed by atoms with Crippen LogP contribution in [0.25, 0.3) is 0 Å². The summed E-state index contributed by atoms with van der Waals surface area (Å²) in [6.45, 7) is 5.13. The van der Waals surface area contributed by atoms with Gasteiger partial charge < -0.3 is 5.32 Å². The Balaban J connectivity index is 2.23. The number of hydrogen-bond acceptors (Lipinski definition) is 2. The topological polar surface area (TPSA) is 29.1 Å². The van der Waals surface area contributed by atoms with E-state index in [2.05, 4.69) is 19.2 Å². The van der Waals surface area contributed by atoms with Crippen LogP contribution in [0.3, 0.4) is 0 Å². The number of carbonyl (C=O) groups excluding carboxylic acids is 1. The maximum absolute atomic E-state index is 11.7. The molecule has 0 aromatic heterocycles. The van der Waals surface area contributed by atoms with Gasteiger partial charge in [0.25, 0.3) is 0 Å². The van der Waals surface area contributed by atoms with Gasteiger partial charge in [0.2, 0.25) is 0 Å². The van der Waals surface area contributed by atoms with Gasteiger partial charge in [-0.05, 0) is 26.3 Å². The van der Waals surface area contributed by atoms with Crippen molar-refractivity contribution in [2.75, 3.05) is 6.54 Å². The highest BCUT2D eigenvalue weighted by molar-refractivity contribution is 5.81. The van der Waals surface area contributed by atoms with Gasteiger partial charge in [-0.3, -0.25) is 4.79 Å². The molecule has 0 radical (unpaired) electrons. The summed E-state index contributed by atoms with van der Waals surface area (Å²) in [6, 6.07) is 0.359. The Morgan fingerprint density at radius 2 is 2.08 bits per heavy atom. The standard InChI is InChI=1S/C11H21NO/c1-3-12-9(2)8-11(13)10-6-4-5-7-10/h9-10,12H,3-8H2,1-2H3. The molecular formula is C11H21NO. The van der Waals surface area contributed by atoms with Crippen LogP contribution in [-0.2, 0) is 4.79 Å². The second-order valence-corrected chi connectivity index (χ2v) is 4.11. The summed E-state index contributed by atoms with van der Waals surface area (Å²) in [5.41, 5.74) is 0. The second-order valence-electron chi connectivity index (χ2n) is 4.11. The van der Waals surface area contributed by atoms with E-state index >= 15 is 0 Å². The predicted octanol–water partition coefficient (Wildman–Crippen LogP) is 2.13. The maximum atomic E-state index is 11.7. The average Bonchev–Trinajstić information content (AvgIpc) is 2.55. The van der Waals surface area contributed by atoms with Crippen molar-refractivity contribution in [2.24, 2.45) is 5.92 Å². The minimum absolute atomic E-state index is 0.359. The first kappa shape index (κ1) is 10.7. The van der Waals surface area contributed by atoms with Gasteiger partial charge in [0, 0.05) is 18.4 Å². The van der Waals surface area contributed by atoms with Crippen LogP contribution >= 0.6 is 0 Å². The Bertz CT molecular complexity index is 161. The van der Waals surface area contributed by atoms with E-state index in [0.717, 1.165) is 25.8 Å². The highest BCUT2D eigenvalue weighted by Crippen LogP contribution is 2.26. The van der Waals surface area contributed by atoms with E-state index in [1.807, 2.05) is 0 Å². The molecule has 0 saturated heterocycles. The van der Waals surface area contributed by atoms with Crippen molar-refractivity contribution in [1.29, 1.82) is 0 Å². The highest BCUT2D eigenvalue weighted by Gasteiger charge is 2.23. The number of nitrogens with one attached hydrogen (secondary N) is 1. The number of ketones is 1. The average molecular weight is 183 g/mol. The van der Waals surface area contributed by atoms with Crippen LogP contribution < -0.4 is 5.32 Å². The van der Waals surface area contributed by atoms with E-state index in [1.165, 1.54) is 12.8 Å². The second kappa shape index (κ2) is 5.38. The van der Waals surface area contributed by atoms with Crippen LogP contribution in [-0.4, -0.2) is 18.4 Å². The maximum Gasteiger partial charge on any atom is 0.137 e. The molecule has 0 amide bonds. The van der Waals surface area contributed by atoms with Gasteiger partial charge in [0.15, 0.2) is 0 Å². The number of carbonyl (C=O) groups is 1. The smallest absolute Gasteiger partial charge is 0.137 e. The van der Waals surface area contributed by atoms with E-state index in [-0.39, 0.29) is 0 Å². The summed E-state index contributed by atoms with van der Waals surface area (Å²) >= 11 is 0. The third-order valence-electron chi connectivity index (χ3n) is 2.87. The Hall–Kier alpha value is -0.370. The molecule has 1 saturated carbocycles. The van der Waals surface area contributed by atoms with Crippen molar-refractivity contribution in [3.05, 3.63) is 0 Å². The van der Waals surface area contributed by atoms with Gasteiger partial charge in [-0.2, -0.15) is 0 Å². The first-order valence-electron chi connectivity index (χ1n) is 5.50. The molecule has 1 N–H and O–H groups in total. The van der Waals surface area contributed by atoms with Crippen molar-refractivity contribution in [3.63, 3.8) is 0 Å². The zero-order valence-corrected chi connectivity index (χ0v) is 8.81. The Morgan fingerprint density at radius 1 is 1.46 bits per heavy atom. The molecule has 1 aliphatic carbocycles. The number of rotatable bonds is 5. The zero-order valence-electron chi connectivity index (χ0n) is 8.81. The lowest BCUT2D eigenvalue weighted by Crippen LogP contribution is -2.29. The summed E-state index contributed by atoms with van der Waals surface area (Å²) in [5, 5.41) is 3.28. The molecular weight excluding hydrogens is 162 g/mol. The molecule has 0 heterocycles. The molecule has 2 heteroatoms. The van der Waals surface area contributed by atoms with Gasteiger partial charge in [0.1, 0.15) is 5.78 Å². The summed E-state index contributed by atoms with van der Waals surface area (Å²) in [6.07, 6.45) is 5.51. The van der Waals surface area contributed by atoms with Crippen molar-refractivity contribution in [1.82, 2.24) is 5.32 Å². The lowest BCUT2D eigenvalue weighted by Gasteiger charge is -2.14. The molecule has 0 aromatic rings. The molecule has 0 bridgehead atoms. The SMILES string of the molecule is CCNC(C)CC(=O)C1CCCC1. The monoisotopic (exact) mass is 183 g/mol. The van der Waals surface area contributed by atoms with Crippen molar-refractivity contribution in [2.45, 2.75) is 52.0 Å². The van der Waals surface area contributed by atoms with E-state index in [9.17, 15) is 4.79 Å². The molecule has 0 spiro atoms. The van der Waals surface area contributed by atoms with E-state index < -0.39 is 0 Å². The normalized spacial score (nSPS) is 20.5. The number of hydrogen-bond donors (Lipinski definition) is 1. The molecule has 1 unspecified atom stereocenters. The van der Waals surface area contributed by atoms with Gasteiger partial charge in [-0.25, -0.2) is 0 Å². The largest absolute Gasteiger partial charge is 0.314 e. The number of Topliss-reactive ketones (excluding diaryl/α,β-unsaturated/α-hetero) is 1. The summed E-state index contributed by atoms with van der Waals surface area (Å²) in [4.78, 5) is 11.7. The fraction of sp³-hybridized carbons (Fsp3) is 0.909.